The number of ether oxygens (including phenoxy) is 1. The maximum atomic E-state index is 12.6. The van der Waals surface area contributed by atoms with Gasteiger partial charge in [0.25, 0.3) is 0 Å². The van der Waals surface area contributed by atoms with Crippen LogP contribution in [0.2, 0.25) is 0 Å². The molecule has 0 radical (unpaired) electrons. The number of fused-ring (bicyclic) bond motifs is 1. The van der Waals surface area contributed by atoms with Gasteiger partial charge in [0.2, 0.25) is 0 Å². The van der Waals surface area contributed by atoms with Crippen molar-refractivity contribution in [3.63, 3.8) is 0 Å². The highest BCUT2D eigenvalue weighted by atomic mass is 16.5. The van der Waals surface area contributed by atoms with Crippen molar-refractivity contribution in [2.24, 2.45) is 5.92 Å². The lowest BCUT2D eigenvalue weighted by molar-refractivity contribution is 0.0981. The predicted molar refractivity (Wildman–Crippen MR) is 124 cm³/mol. The highest BCUT2D eigenvalue weighted by Crippen LogP contribution is 2.30. The number of rotatable bonds is 8. The van der Waals surface area contributed by atoms with E-state index in [9.17, 15) is 14.7 Å². The molecule has 0 spiro atoms. The standard InChI is InChI=1S/C26H27N3O4/c30-25(23-10-9-22(14-28-23)33-16-17-3-4-17)15-27-21-8-7-18-12-20(6-5-19(18)13-21)24-2-1-11-29(24)26(31)32/h1-2,5-6,9-12,14,17,21,27H,3-4,7-8,13,15-16H2,(H,31,32). The molecule has 1 saturated carbocycles. The van der Waals surface area contributed by atoms with Crippen molar-refractivity contribution < 1.29 is 19.4 Å². The van der Waals surface area contributed by atoms with E-state index >= 15 is 0 Å². The lowest BCUT2D eigenvalue weighted by Gasteiger charge is -2.26. The molecule has 0 amide bonds. The fraction of sp³-hybridized carbons (Fsp3) is 0.346. The van der Waals surface area contributed by atoms with E-state index in [1.807, 2.05) is 18.2 Å². The number of nitrogens with one attached hydrogen (secondary N) is 1. The average Bonchev–Trinajstić information content (AvgIpc) is 3.53. The van der Waals surface area contributed by atoms with Gasteiger partial charge in [-0.2, -0.15) is 0 Å². The van der Waals surface area contributed by atoms with E-state index in [-0.39, 0.29) is 18.4 Å². The summed E-state index contributed by atoms with van der Waals surface area (Å²) in [6.07, 6.45) is 7.31. The van der Waals surface area contributed by atoms with Crippen molar-refractivity contribution in [2.75, 3.05) is 13.2 Å². The number of hydrogen-bond acceptors (Lipinski definition) is 5. The van der Waals surface area contributed by atoms with Crippen LogP contribution < -0.4 is 10.1 Å². The molecular formula is C26H27N3O4. The summed E-state index contributed by atoms with van der Waals surface area (Å²) in [7, 11) is 0. The Kier molecular flexibility index (Phi) is 5.96. The third kappa shape index (κ3) is 4.98. The minimum atomic E-state index is -0.989. The van der Waals surface area contributed by atoms with Gasteiger partial charge in [-0.25, -0.2) is 9.78 Å². The zero-order valence-electron chi connectivity index (χ0n) is 18.4. The van der Waals surface area contributed by atoms with Gasteiger partial charge in [0.15, 0.2) is 5.78 Å². The summed E-state index contributed by atoms with van der Waals surface area (Å²) in [4.78, 5) is 28.2. The number of pyridine rings is 1. The minimum Gasteiger partial charge on any atom is -0.492 e. The number of aromatic nitrogens is 2. The number of carbonyl (C=O) groups is 2. The molecule has 2 heterocycles. The third-order valence-electron chi connectivity index (χ3n) is 6.44. The van der Waals surface area contributed by atoms with Gasteiger partial charge in [-0.3, -0.25) is 9.36 Å². The molecule has 2 aromatic heterocycles. The molecule has 2 aliphatic rings. The predicted octanol–water partition coefficient (Wildman–Crippen LogP) is 4.19. The molecule has 1 fully saturated rings. The van der Waals surface area contributed by atoms with E-state index in [4.69, 9.17) is 4.74 Å². The van der Waals surface area contributed by atoms with Crippen molar-refractivity contribution in [3.8, 4) is 17.0 Å². The average molecular weight is 446 g/mol. The molecule has 33 heavy (non-hydrogen) atoms. The largest absolute Gasteiger partial charge is 0.492 e. The minimum absolute atomic E-state index is 0.0284. The molecule has 0 aliphatic heterocycles. The molecule has 1 aromatic carbocycles. The van der Waals surface area contributed by atoms with Gasteiger partial charge >= 0.3 is 6.09 Å². The molecule has 2 aliphatic carbocycles. The van der Waals surface area contributed by atoms with Crippen LogP contribution >= 0.6 is 0 Å². The van der Waals surface area contributed by atoms with Crippen LogP contribution in [-0.2, 0) is 12.8 Å². The molecule has 0 saturated heterocycles. The Morgan fingerprint density at radius 1 is 1.12 bits per heavy atom. The number of carbonyl (C=O) groups excluding carboxylic acids is 1. The summed E-state index contributed by atoms with van der Waals surface area (Å²) < 4.78 is 6.92. The maximum Gasteiger partial charge on any atom is 0.415 e. The molecule has 170 valence electrons. The van der Waals surface area contributed by atoms with Crippen LogP contribution in [0.5, 0.6) is 5.75 Å². The number of carboxylic acid groups (broad SMARTS) is 1. The van der Waals surface area contributed by atoms with Crippen LogP contribution in [-0.4, -0.2) is 45.7 Å². The second-order valence-electron chi connectivity index (χ2n) is 8.91. The number of ketones is 1. The zero-order valence-corrected chi connectivity index (χ0v) is 18.4. The van der Waals surface area contributed by atoms with Crippen molar-refractivity contribution in [3.05, 3.63) is 71.7 Å². The van der Waals surface area contributed by atoms with Gasteiger partial charge < -0.3 is 15.2 Å². The van der Waals surface area contributed by atoms with E-state index in [1.165, 1.54) is 28.5 Å². The fourth-order valence-electron chi connectivity index (χ4n) is 4.33. The van der Waals surface area contributed by atoms with Gasteiger partial charge in [0.05, 0.1) is 25.0 Å². The summed E-state index contributed by atoms with van der Waals surface area (Å²) in [5.41, 5.74) is 4.49. The first-order valence-corrected chi connectivity index (χ1v) is 11.4. The van der Waals surface area contributed by atoms with Crippen molar-refractivity contribution in [1.82, 2.24) is 14.9 Å². The topological polar surface area (TPSA) is 93.5 Å². The summed E-state index contributed by atoms with van der Waals surface area (Å²) >= 11 is 0. The number of Topliss-reactive ketones (excluding diaryl/α,β-unsaturated/α-hetero) is 1. The van der Waals surface area contributed by atoms with E-state index in [2.05, 4.69) is 22.4 Å². The van der Waals surface area contributed by atoms with Crippen LogP contribution in [0.25, 0.3) is 11.3 Å². The lowest BCUT2D eigenvalue weighted by Crippen LogP contribution is -2.38. The Balaban J connectivity index is 1.16. The third-order valence-corrected chi connectivity index (χ3v) is 6.44. The van der Waals surface area contributed by atoms with Crippen molar-refractivity contribution in [1.29, 1.82) is 0 Å². The van der Waals surface area contributed by atoms with Gasteiger partial charge in [0, 0.05) is 12.2 Å². The second-order valence-corrected chi connectivity index (χ2v) is 8.91. The van der Waals surface area contributed by atoms with E-state index in [0.717, 1.165) is 31.4 Å². The molecule has 1 atom stereocenters. The first-order chi connectivity index (χ1) is 16.1. The molecular weight excluding hydrogens is 418 g/mol. The van der Waals surface area contributed by atoms with Gasteiger partial charge in [-0.05, 0) is 85.0 Å². The second kappa shape index (κ2) is 9.19. The van der Waals surface area contributed by atoms with Crippen molar-refractivity contribution in [2.45, 2.75) is 38.1 Å². The highest BCUT2D eigenvalue weighted by molar-refractivity contribution is 5.95. The molecule has 7 nitrogen and oxygen atoms in total. The summed E-state index contributed by atoms with van der Waals surface area (Å²) in [6, 6.07) is 13.4. The molecule has 3 aromatic rings. The van der Waals surface area contributed by atoms with Crippen LogP contribution in [0, 0.1) is 5.92 Å². The smallest absolute Gasteiger partial charge is 0.415 e. The number of hydrogen-bond donors (Lipinski definition) is 2. The Labute approximate surface area is 192 Å². The molecule has 2 N–H and O–H groups in total. The van der Waals surface area contributed by atoms with Crippen LogP contribution in [0.3, 0.4) is 0 Å². The number of nitrogens with zero attached hydrogens (tertiary/aromatic N) is 2. The Bertz CT molecular complexity index is 1160. The fourth-order valence-corrected chi connectivity index (χ4v) is 4.33. The molecule has 5 rings (SSSR count). The molecule has 0 bridgehead atoms. The van der Waals surface area contributed by atoms with Gasteiger partial charge in [0.1, 0.15) is 11.4 Å². The number of benzene rings is 1. The lowest BCUT2D eigenvalue weighted by atomic mass is 9.86. The maximum absolute atomic E-state index is 12.6. The Hall–Kier alpha value is -3.45. The number of aryl methyl sites for hydroxylation is 1. The van der Waals surface area contributed by atoms with E-state index < -0.39 is 6.09 Å². The summed E-state index contributed by atoms with van der Waals surface area (Å²) in [5.74, 6) is 1.36. The van der Waals surface area contributed by atoms with Crippen LogP contribution in [0.4, 0.5) is 4.79 Å². The van der Waals surface area contributed by atoms with Crippen LogP contribution in [0.15, 0.2) is 54.9 Å². The monoisotopic (exact) mass is 445 g/mol. The summed E-state index contributed by atoms with van der Waals surface area (Å²) in [5, 5.41) is 12.7. The van der Waals surface area contributed by atoms with Gasteiger partial charge in [-0.1, -0.05) is 12.1 Å². The normalized spacial score (nSPS) is 17.4. The van der Waals surface area contributed by atoms with Crippen LogP contribution in [0.1, 0.15) is 40.9 Å². The first kappa shape index (κ1) is 21.4. The highest BCUT2D eigenvalue weighted by Gasteiger charge is 2.23. The Morgan fingerprint density at radius 2 is 2.00 bits per heavy atom. The molecule has 7 heteroatoms. The SMILES string of the molecule is O=C(CNC1CCc2cc(-c3cccn3C(=O)O)ccc2C1)c1ccc(OCC2CC2)cn1. The Morgan fingerprint density at radius 3 is 2.76 bits per heavy atom. The van der Waals surface area contributed by atoms with E-state index in [0.29, 0.717) is 23.1 Å². The summed E-state index contributed by atoms with van der Waals surface area (Å²) in [6.45, 7) is 0.979. The van der Waals surface area contributed by atoms with E-state index in [1.54, 1.807) is 24.5 Å². The molecule has 1 unspecified atom stereocenters. The zero-order chi connectivity index (χ0) is 22.8. The quantitative estimate of drug-likeness (QED) is 0.505. The first-order valence-electron chi connectivity index (χ1n) is 11.4. The van der Waals surface area contributed by atoms with Crippen molar-refractivity contribution >= 4 is 11.9 Å². The van der Waals surface area contributed by atoms with Gasteiger partial charge in [-0.15, -0.1) is 0 Å².